The van der Waals surface area contributed by atoms with E-state index in [4.69, 9.17) is 14.6 Å². The lowest BCUT2D eigenvalue weighted by molar-refractivity contribution is 0.102. The summed E-state index contributed by atoms with van der Waals surface area (Å²) >= 11 is 0. The third-order valence-corrected chi connectivity index (χ3v) is 6.35. The van der Waals surface area contributed by atoms with Gasteiger partial charge in [0.1, 0.15) is 11.5 Å². The molecule has 0 aliphatic rings. The summed E-state index contributed by atoms with van der Waals surface area (Å²) in [5, 5.41) is 21.9. The number of nitrogens with one attached hydrogen (secondary N) is 2. The molecule has 0 aliphatic heterocycles. The molecule has 192 valence electrons. The molecule has 0 fully saturated rings. The van der Waals surface area contributed by atoms with Gasteiger partial charge in [0.05, 0.1) is 14.2 Å². The fourth-order valence-corrected chi connectivity index (χ4v) is 4.35. The SMILES string of the molecule is COc1ccc(C(=O)Nc2cccc(Nc3nn4c(-c5ccc(OC)cc5)nnc4c4ccccc34)c2)cc1. The molecule has 2 N–H and O–H groups in total. The molecule has 39 heavy (non-hydrogen) atoms. The van der Waals surface area contributed by atoms with Gasteiger partial charge in [0.2, 0.25) is 0 Å². The number of methoxy groups -OCH3 is 2. The van der Waals surface area contributed by atoms with E-state index >= 15 is 0 Å². The van der Waals surface area contributed by atoms with Crippen molar-refractivity contribution in [1.29, 1.82) is 0 Å². The van der Waals surface area contributed by atoms with E-state index in [0.29, 0.717) is 34.3 Å². The molecule has 0 aliphatic carbocycles. The van der Waals surface area contributed by atoms with E-state index in [-0.39, 0.29) is 5.91 Å². The summed E-state index contributed by atoms with van der Waals surface area (Å²) in [5.41, 5.74) is 3.46. The van der Waals surface area contributed by atoms with Crippen molar-refractivity contribution in [3.63, 3.8) is 0 Å². The van der Waals surface area contributed by atoms with E-state index in [0.717, 1.165) is 27.8 Å². The Hall–Kier alpha value is -5.44. The molecule has 0 unspecified atom stereocenters. The molecule has 0 spiro atoms. The molecule has 0 atom stereocenters. The zero-order chi connectivity index (χ0) is 26.8. The quantitative estimate of drug-likeness (QED) is 0.270. The number of carbonyl (C=O) groups excluding carboxylic acids is 1. The van der Waals surface area contributed by atoms with Gasteiger partial charge in [-0.2, -0.15) is 4.52 Å². The Morgan fingerprint density at radius 2 is 1.41 bits per heavy atom. The summed E-state index contributed by atoms with van der Waals surface area (Å²) in [5.74, 6) is 2.48. The molecule has 6 aromatic rings. The number of aromatic nitrogens is 4. The highest BCUT2D eigenvalue weighted by Gasteiger charge is 2.16. The van der Waals surface area contributed by atoms with Crippen molar-refractivity contribution in [2.45, 2.75) is 0 Å². The number of hydrogen-bond donors (Lipinski definition) is 2. The topological polar surface area (TPSA) is 103 Å². The first-order chi connectivity index (χ1) is 19.1. The Kier molecular flexibility index (Phi) is 6.22. The number of amides is 1. The van der Waals surface area contributed by atoms with Crippen LogP contribution in [-0.4, -0.2) is 39.9 Å². The maximum Gasteiger partial charge on any atom is 0.255 e. The lowest BCUT2D eigenvalue weighted by Gasteiger charge is -2.12. The average molecular weight is 517 g/mol. The first-order valence-electron chi connectivity index (χ1n) is 12.2. The summed E-state index contributed by atoms with van der Waals surface area (Å²) < 4.78 is 12.2. The monoisotopic (exact) mass is 516 g/mol. The highest BCUT2D eigenvalue weighted by atomic mass is 16.5. The van der Waals surface area contributed by atoms with Crippen molar-refractivity contribution in [2.24, 2.45) is 0 Å². The van der Waals surface area contributed by atoms with Gasteiger partial charge in [0, 0.05) is 33.3 Å². The summed E-state index contributed by atoms with van der Waals surface area (Å²) in [4.78, 5) is 12.8. The van der Waals surface area contributed by atoms with Crippen LogP contribution >= 0.6 is 0 Å². The third-order valence-electron chi connectivity index (χ3n) is 6.35. The number of rotatable bonds is 7. The van der Waals surface area contributed by atoms with Crippen LogP contribution in [-0.2, 0) is 0 Å². The summed E-state index contributed by atoms with van der Waals surface area (Å²) in [6.45, 7) is 0. The number of ether oxygens (including phenoxy) is 2. The van der Waals surface area contributed by atoms with Gasteiger partial charge in [-0.25, -0.2) is 0 Å². The fraction of sp³-hybridized carbons (Fsp3) is 0.0667. The van der Waals surface area contributed by atoms with Gasteiger partial charge in [0.25, 0.3) is 5.91 Å². The van der Waals surface area contributed by atoms with Crippen molar-refractivity contribution in [1.82, 2.24) is 19.8 Å². The van der Waals surface area contributed by atoms with E-state index < -0.39 is 0 Å². The van der Waals surface area contributed by atoms with Gasteiger partial charge >= 0.3 is 0 Å². The van der Waals surface area contributed by atoms with Crippen LogP contribution < -0.4 is 20.1 Å². The average Bonchev–Trinajstić information content (AvgIpc) is 3.41. The Labute approximate surface area is 224 Å². The van der Waals surface area contributed by atoms with E-state index in [1.807, 2.05) is 72.8 Å². The van der Waals surface area contributed by atoms with Crippen LogP contribution in [0.25, 0.3) is 27.8 Å². The molecule has 0 saturated carbocycles. The van der Waals surface area contributed by atoms with Gasteiger partial charge < -0.3 is 20.1 Å². The predicted octanol–water partition coefficient (Wildman–Crippen LogP) is 5.96. The molecular formula is C30H24N6O3. The zero-order valence-electron chi connectivity index (χ0n) is 21.3. The first kappa shape index (κ1) is 23.9. The number of nitrogens with zero attached hydrogens (tertiary/aromatic N) is 4. The molecule has 1 amide bonds. The van der Waals surface area contributed by atoms with Gasteiger partial charge in [0.15, 0.2) is 17.3 Å². The minimum absolute atomic E-state index is 0.214. The summed E-state index contributed by atoms with van der Waals surface area (Å²) in [6.07, 6.45) is 0. The summed E-state index contributed by atoms with van der Waals surface area (Å²) in [7, 11) is 3.22. The fourth-order valence-electron chi connectivity index (χ4n) is 4.35. The molecule has 9 heteroatoms. The predicted molar refractivity (Wildman–Crippen MR) is 151 cm³/mol. The van der Waals surface area contributed by atoms with Gasteiger partial charge in [-0.05, 0) is 66.7 Å². The molecule has 9 nitrogen and oxygen atoms in total. The lowest BCUT2D eigenvalue weighted by Crippen LogP contribution is -2.11. The standard InChI is InChI=1S/C30H24N6O3/c1-38-23-14-10-19(11-15-23)28-33-34-29-26-9-4-3-8-25(26)27(35-36(28)29)31-21-6-5-7-22(18-21)32-30(37)20-12-16-24(39-2)17-13-20/h3-18H,1-2H3,(H,31,35)(H,32,37). The minimum Gasteiger partial charge on any atom is -0.497 e. The molecule has 0 radical (unpaired) electrons. The molecule has 2 aromatic heterocycles. The van der Waals surface area contributed by atoms with Gasteiger partial charge in [-0.3, -0.25) is 4.79 Å². The Balaban J connectivity index is 1.34. The number of fused-ring (bicyclic) bond motifs is 3. The van der Waals surface area contributed by atoms with Crippen LogP contribution in [0.15, 0.2) is 97.1 Å². The Morgan fingerprint density at radius 1 is 0.744 bits per heavy atom. The van der Waals surface area contributed by atoms with Crippen LogP contribution in [0.4, 0.5) is 17.2 Å². The number of hydrogen-bond acceptors (Lipinski definition) is 7. The Bertz CT molecular complexity index is 1800. The highest BCUT2D eigenvalue weighted by molar-refractivity contribution is 6.05. The Morgan fingerprint density at radius 3 is 2.13 bits per heavy atom. The van der Waals surface area contributed by atoms with Crippen LogP contribution in [0, 0.1) is 0 Å². The first-order valence-corrected chi connectivity index (χ1v) is 12.2. The summed E-state index contributed by atoms with van der Waals surface area (Å²) in [6, 6.07) is 29.9. The van der Waals surface area contributed by atoms with Crippen molar-refractivity contribution in [2.75, 3.05) is 24.9 Å². The minimum atomic E-state index is -0.214. The van der Waals surface area contributed by atoms with Crippen LogP contribution in [0.3, 0.4) is 0 Å². The van der Waals surface area contributed by atoms with E-state index in [1.165, 1.54) is 0 Å². The maximum atomic E-state index is 12.8. The van der Waals surface area contributed by atoms with Crippen LogP contribution in [0.2, 0.25) is 0 Å². The van der Waals surface area contributed by atoms with Crippen LogP contribution in [0.5, 0.6) is 11.5 Å². The smallest absolute Gasteiger partial charge is 0.255 e. The molecular weight excluding hydrogens is 492 g/mol. The second-order valence-electron chi connectivity index (χ2n) is 8.77. The van der Waals surface area contributed by atoms with E-state index in [1.54, 1.807) is 43.0 Å². The second kappa shape index (κ2) is 10.1. The zero-order valence-corrected chi connectivity index (χ0v) is 21.3. The van der Waals surface area contributed by atoms with E-state index in [9.17, 15) is 4.79 Å². The molecule has 6 rings (SSSR count). The number of anilines is 3. The van der Waals surface area contributed by atoms with E-state index in [2.05, 4.69) is 20.8 Å². The van der Waals surface area contributed by atoms with Crippen molar-refractivity contribution in [3.8, 4) is 22.9 Å². The highest BCUT2D eigenvalue weighted by Crippen LogP contribution is 2.30. The number of benzene rings is 4. The van der Waals surface area contributed by atoms with Gasteiger partial charge in [-0.15, -0.1) is 15.3 Å². The number of carbonyl (C=O) groups is 1. The third kappa shape index (κ3) is 4.69. The maximum absolute atomic E-state index is 12.8. The van der Waals surface area contributed by atoms with Crippen molar-refractivity contribution >= 4 is 39.5 Å². The van der Waals surface area contributed by atoms with Crippen molar-refractivity contribution < 1.29 is 14.3 Å². The van der Waals surface area contributed by atoms with Crippen LogP contribution in [0.1, 0.15) is 10.4 Å². The molecule has 0 saturated heterocycles. The molecule has 0 bridgehead atoms. The normalized spacial score (nSPS) is 10.9. The lowest BCUT2D eigenvalue weighted by atomic mass is 10.1. The largest absolute Gasteiger partial charge is 0.497 e. The second-order valence-corrected chi connectivity index (χ2v) is 8.77. The molecule has 4 aromatic carbocycles. The molecule has 2 heterocycles. The van der Waals surface area contributed by atoms with Crippen molar-refractivity contribution in [3.05, 3.63) is 103 Å². The van der Waals surface area contributed by atoms with Gasteiger partial charge in [-0.1, -0.05) is 30.3 Å².